The summed E-state index contributed by atoms with van der Waals surface area (Å²) < 4.78 is 11.3. The van der Waals surface area contributed by atoms with Gasteiger partial charge in [0.1, 0.15) is 6.61 Å². The standard InChI is InChI=1S/C15H26N2O2/c1-4-18-14-7-5-6-8-15(14)19-10-9-17(3)12-13(2)11-16/h5-8,13H,4,9-12,16H2,1-3H3. The van der Waals surface area contributed by atoms with E-state index in [2.05, 4.69) is 18.9 Å². The fraction of sp³-hybridized carbons (Fsp3) is 0.600. The van der Waals surface area contributed by atoms with Crippen molar-refractivity contribution in [3.05, 3.63) is 24.3 Å². The summed E-state index contributed by atoms with van der Waals surface area (Å²) in [6.07, 6.45) is 0. The zero-order valence-corrected chi connectivity index (χ0v) is 12.3. The zero-order valence-electron chi connectivity index (χ0n) is 12.3. The van der Waals surface area contributed by atoms with Gasteiger partial charge < -0.3 is 20.1 Å². The van der Waals surface area contributed by atoms with Crippen molar-refractivity contribution in [3.63, 3.8) is 0 Å². The van der Waals surface area contributed by atoms with Crippen molar-refractivity contribution >= 4 is 0 Å². The lowest BCUT2D eigenvalue weighted by molar-refractivity contribution is 0.212. The van der Waals surface area contributed by atoms with Gasteiger partial charge in [0.05, 0.1) is 6.61 Å². The lowest BCUT2D eigenvalue weighted by atomic mass is 10.2. The molecule has 1 atom stereocenters. The molecular formula is C15H26N2O2. The number of rotatable bonds is 9. The minimum Gasteiger partial charge on any atom is -0.490 e. The van der Waals surface area contributed by atoms with Gasteiger partial charge in [-0.3, -0.25) is 0 Å². The predicted molar refractivity (Wildman–Crippen MR) is 78.8 cm³/mol. The first kappa shape index (κ1) is 15.8. The SMILES string of the molecule is CCOc1ccccc1OCCN(C)CC(C)CN. The quantitative estimate of drug-likeness (QED) is 0.742. The maximum atomic E-state index is 5.78. The fourth-order valence-corrected chi connectivity index (χ4v) is 1.85. The average Bonchev–Trinajstić information content (AvgIpc) is 2.41. The predicted octanol–water partition coefficient (Wildman–Crippen LogP) is 1.99. The summed E-state index contributed by atoms with van der Waals surface area (Å²) in [6.45, 7) is 8.02. The van der Waals surface area contributed by atoms with Crippen LogP contribution in [0.3, 0.4) is 0 Å². The third kappa shape index (κ3) is 5.94. The van der Waals surface area contributed by atoms with Crippen molar-refractivity contribution in [2.75, 3.05) is 39.9 Å². The molecule has 1 aromatic rings. The highest BCUT2D eigenvalue weighted by Crippen LogP contribution is 2.26. The van der Waals surface area contributed by atoms with Gasteiger partial charge in [0.15, 0.2) is 11.5 Å². The summed E-state index contributed by atoms with van der Waals surface area (Å²) in [7, 11) is 2.09. The number of para-hydroxylation sites is 2. The second kappa shape index (κ2) is 8.77. The number of nitrogens with two attached hydrogens (primary N) is 1. The monoisotopic (exact) mass is 266 g/mol. The highest BCUT2D eigenvalue weighted by atomic mass is 16.5. The molecule has 0 spiro atoms. The molecule has 19 heavy (non-hydrogen) atoms. The Labute approximate surface area is 116 Å². The van der Waals surface area contributed by atoms with E-state index in [1.165, 1.54) is 0 Å². The molecule has 0 aliphatic carbocycles. The van der Waals surface area contributed by atoms with E-state index in [1.807, 2.05) is 31.2 Å². The number of ether oxygens (including phenoxy) is 2. The number of nitrogens with zero attached hydrogens (tertiary/aromatic N) is 1. The first-order valence-electron chi connectivity index (χ1n) is 6.90. The highest BCUT2D eigenvalue weighted by molar-refractivity contribution is 5.39. The Hall–Kier alpha value is -1.26. The molecule has 0 aliphatic heterocycles. The summed E-state index contributed by atoms with van der Waals surface area (Å²) in [6, 6.07) is 7.78. The van der Waals surface area contributed by atoms with Gasteiger partial charge in [-0.15, -0.1) is 0 Å². The first-order chi connectivity index (χ1) is 9.17. The minimum atomic E-state index is 0.515. The molecule has 0 aliphatic rings. The van der Waals surface area contributed by atoms with Crippen molar-refractivity contribution in [2.45, 2.75) is 13.8 Å². The van der Waals surface area contributed by atoms with Gasteiger partial charge in [0.2, 0.25) is 0 Å². The molecule has 0 aromatic heterocycles. The van der Waals surface area contributed by atoms with Crippen molar-refractivity contribution in [1.29, 1.82) is 0 Å². The summed E-state index contributed by atoms with van der Waals surface area (Å²) in [5.41, 5.74) is 5.62. The van der Waals surface area contributed by atoms with Crippen LogP contribution in [0.2, 0.25) is 0 Å². The van der Waals surface area contributed by atoms with Gasteiger partial charge in [-0.2, -0.15) is 0 Å². The minimum absolute atomic E-state index is 0.515. The Morgan fingerprint density at radius 3 is 2.42 bits per heavy atom. The summed E-state index contributed by atoms with van der Waals surface area (Å²) in [4.78, 5) is 2.24. The smallest absolute Gasteiger partial charge is 0.161 e. The molecule has 0 saturated carbocycles. The van der Waals surface area contributed by atoms with Crippen LogP contribution in [0, 0.1) is 5.92 Å². The van der Waals surface area contributed by atoms with Crippen LogP contribution in [-0.4, -0.2) is 44.8 Å². The molecule has 0 amide bonds. The van der Waals surface area contributed by atoms with E-state index >= 15 is 0 Å². The van der Waals surface area contributed by atoms with Gasteiger partial charge in [0, 0.05) is 13.1 Å². The summed E-state index contributed by atoms with van der Waals surface area (Å²) in [5.74, 6) is 2.13. The maximum Gasteiger partial charge on any atom is 0.161 e. The largest absolute Gasteiger partial charge is 0.490 e. The fourth-order valence-electron chi connectivity index (χ4n) is 1.85. The lowest BCUT2D eigenvalue weighted by Gasteiger charge is -2.20. The van der Waals surface area contributed by atoms with Crippen LogP contribution in [0.5, 0.6) is 11.5 Å². The summed E-state index contributed by atoms with van der Waals surface area (Å²) >= 11 is 0. The molecule has 0 saturated heterocycles. The molecule has 108 valence electrons. The molecule has 1 rings (SSSR count). The van der Waals surface area contributed by atoms with Crippen LogP contribution in [0.1, 0.15) is 13.8 Å². The van der Waals surface area contributed by atoms with Crippen molar-refractivity contribution < 1.29 is 9.47 Å². The highest BCUT2D eigenvalue weighted by Gasteiger charge is 2.06. The van der Waals surface area contributed by atoms with E-state index in [-0.39, 0.29) is 0 Å². The van der Waals surface area contributed by atoms with Crippen LogP contribution in [0.4, 0.5) is 0 Å². The average molecular weight is 266 g/mol. The maximum absolute atomic E-state index is 5.78. The Bertz CT molecular complexity index is 358. The Kier molecular flexibility index (Phi) is 7.30. The molecule has 2 N–H and O–H groups in total. The normalized spacial score (nSPS) is 12.5. The zero-order chi connectivity index (χ0) is 14.1. The van der Waals surface area contributed by atoms with Gasteiger partial charge >= 0.3 is 0 Å². The van der Waals surface area contributed by atoms with Gasteiger partial charge in [-0.1, -0.05) is 19.1 Å². The van der Waals surface area contributed by atoms with E-state index in [1.54, 1.807) is 0 Å². The molecular weight excluding hydrogens is 240 g/mol. The molecule has 1 unspecified atom stereocenters. The molecule has 4 heteroatoms. The molecule has 0 bridgehead atoms. The van der Waals surface area contributed by atoms with E-state index < -0.39 is 0 Å². The number of hydrogen-bond acceptors (Lipinski definition) is 4. The Balaban J connectivity index is 2.36. The van der Waals surface area contributed by atoms with Gasteiger partial charge in [-0.25, -0.2) is 0 Å². The van der Waals surface area contributed by atoms with Crippen molar-refractivity contribution in [3.8, 4) is 11.5 Å². The van der Waals surface area contributed by atoms with E-state index in [4.69, 9.17) is 15.2 Å². The lowest BCUT2D eigenvalue weighted by Crippen LogP contribution is -2.31. The van der Waals surface area contributed by atoms with Crippen LogP contribution in [0.25, 0.3) is 0 Å². The Morgan fingerprint density at radius 2 is 1.84 bits per heavy atom. The number of likely N-dealkylation sites (N-methyl/N-ethyl adjacent to an activating group) is 1. The first-order valence-corrected chi connectivity index (χ1v) is 6.90. The molecule has 1 aromatic carbocycles. The van der Waals surface area contributed by atoms with Crippen molar-refractivity contribution in [1.82, 2.24) is 4.90 Å². The van der Waals surface area contributed by atoms with E-state index in [0.717, 1.165) is 31.1 Å². The molecule has 0 radical (unpaired) electrons. The molecule has 0 heterocycles. The topological polar surface area (TPSA) is 47.7 Å². The van der Waals surface area contributed by atoms with Crippen molar-refractivity contribution in [2.24, 2.45) is 11.7 Å². The van der Waals surface area contributed by atoms with E-state index in [0.29, 0.717) is 19.1 Å². The second-order valence-corrected chi connectivity index (χ2v) is 4.83. The van der Waals surface area contributed by atoms with Crippen LogP contribution in [-0.2, 0) is 0 Å². The third-order valence-electron chi connectivity index (χ3n) is 2.91. The summed E-state index contributed by atoms with van der Waals surface area (Å²) in [5, 5.41) is 0. The van der Waals surface area contributed by atoms with Gasteiger partial charge in [-0.05, 0) is 38.6 Å². The Morgan fingerprint density at radius 1 is 1.21 bits per heavy atom. The number of benzene rings is 1. The molecule has 0 fully saturated rings. The second-order valence-electron chi connectivity index (χ2n) is 4.83. The third-order valence-corrected chi connectivity index (χ3v) is 2.91. The van der Waals surface area contributed by atoms with E-state index in [9.17, 15) is 0 Å². The van der Waals surface area contributed by atoms with Gasteiger partial charge in [0.25, 0.3) is 0 Å². The van der Waals surface area contributed by atoms with Crippen LogP contribution < -0.4 is 15.2 Å². The molecule has 4 nitrogen and oxygen atoms in total. The van der Waals surface area contributed by atoms with Crippen LogP contribution in [0.15, 0.2) is 24.3 Å². The van der Waals surface area contributed by atoms with Crippen LogP contribution >= 0.6 is 0 Å². The number of hydrogen-bond donors (Lipinski definition) is 1.